The molecule has 1 atom stereocenters. The summed E-state index contributed by atoms with van der Waals surface area (Å²) < 4.78 is 5.03. The lowest BCUT2D eigenvalue weighted by Crippen LogP contribution is -2.20. The molecule has 0 saturated heterocycles. The summed E-state index contributed by atoms with van der Waals surface area (Å²) in [5.41, 5.74) is 0.226. The third-order valence-corrected chi connectivity index (χ3v) is 3.70. The zero-order valence-corrected chi connectivity index (χ0v) is 11.9. The van der Waals surface area contributed by atoms with E-state index >= 15 is 0 Å². The summed E-state index contributed by atoms with van der Waals surface area (Å²) in [7, 11) is 0. The molecule has 0 aromatic heterocycles. The van der Waals surface area contributed by atoms with Crippen LogP contribution in [-0.4, -0.2) is 28.9 Å². The number of aromatic carboxylic acids is 1. The molecule has 1 unspecified atom stereocenters. The third-order valence-electron chi connectivity index (χ3n) is 2.46. The summed E-state index contributed by atoms with van der Waals surface area (Å²) in [5, 5.41) is 8.66. The van der Waals surface area contributed by atoms with Crippen LogP contribution in [0.4, 0.5) is 0 Å². The van der Waals surface area contributed by atoms with Gasteiger partial charge in [0.05, 0.1) is 12.2 Å². The SMILES string of the molecule is CCCC(Sc1cccc(C(=O)O)c1)C(=O)OCC. The lowest BCUT2D eigenvalue weighted by Gasteiger charge is -2.14. The van der Waals surface area contributed by atoms with Crippen molar-refractivity contribution in [1.29, 1.82) is 0 Å². The molecule has 1 aromatic carbocycles. The van der Waals surface area contributed by atoms with E-state index in [0.29, 0.717) is 13.0 Å². The number of benzene rings is 1. The highest BCUT2D eigenvalue weighted by molar-refractivity contribution is 8.00. The largest absolute Gasteiger partial charge is 0.478 e. The van der Waals surface area contributed by atoms with Crippen molar-refractivity contribution >= 4 is 23.7 Å². The fraction of sp³-hybridized carbons (Fsp3) is 0.429. The van der Waals surface area contributed by atoms with Gasteiger partial charge in [0.2, 0.25) is 0 Å². The van der Waals surface area contributed by atoms with E-state index in [1.807, 2.05) is 6.92 Å². The molecule has 0 aliphatic heterocycles. The molecule has 0 fully saturated rings. The first-order valence-corrected chi connectivity index (χ1v) is 7.13. The van der Waals surface area contributed by atoms with Gasteiger partial charge in [-0.2, -0.15) is 0 Å². The van der Waals surface area contributed by atoms with Crippen molar-refractivity contribution in [2.24, 2.45) is 0 Å². The summed E-state index contributed by atoms with van der Waals surface area (Å²) >= 11 is 1.36. The van der Waals surface area contributed by atoms with E-state index < -0.39 is 5.97 Å². The normalized spacial score (nSPS) is 11.9. The van der Waals surface area contributed by atoms with E-state index in [-0.39, 0.29) is 16.8 Å². The Kier molecular flexibility index (Phi) is 6.42. The monoisotopic (exact) mass is 282 g/mol. The molecule has 19 heavy (non-hydrogen) atoms. The van der Waals surface area contributed by atoms with Crippen LogP contribution in [0.3, 0.4) is 0 Å². The molecule has 5 heteroatoms. The zero-order chi connectivity index (χ0) is 14.3. The molecule has 0 aliphatic rings. The Morgan fingerprint density at radius 2 is 2.11 bits per heavy atom. The smallest absolute Gasteiger partial charge is 0.335 e. The van der Waals surface area contributed by atoms with Crippen molar-refractivity contribution in [3.8, 4) is 0 Å². The molecular formula is C14H18O4S. The van der Waals surface area contributed by atoms with Crippen LogP contribution in [0.5, 0.6) is 0 Å². The van der Waals surface area contributed by atoms with E-state index in [1.165, 1.54) is 17.8 Å². The van der Waals surface area contributed by atoms with Gasteiger partial charge >= 0.3 is 11.9 Å². The topological polar surface area (TPSA) is 63.6 Å². The summed E-state index contributed by atoms with van der Waals surface area (Å²) in [6, 6.07) is 6.60. The summed E-state index contributed by atoms with van der Waals surface area (Å²) in [5.74, 6) is -1.21. The fourth-order valence-electron chi connectivity index (χ4n) is 1.59. The van der Waals surface area contributed by atoms with Crippen molar-refractivity contribution in [2.75, 3.05) is 6.61 Å². The van der Waals surface area contributed by atoms with Gasteiger partial charge in [-0.3, -0.25) is 4.79 Å². The van der Waals surface area contributed by atoms with Crippen LogP contribution in [0.25, 0.3) is 0 Å². The maximum Gasteiger partial charge on any atom is 0.335 e. The van der Waals surface area contributed by atoms with Crippen molar-refractivity contribution < 1.29 is 19.4 Å². The Bertz CT molecular complexity index is 445. The Morgan fingerprint density at radius 1 is 1.37 bits per heavy atom. The highest BCUT2D eigenvalue weighted by Crippen LogP contribution is 2.28. The fourth-order valence-corrected chi connectivity index (χ4v) is 2.79. The maximum atomic E-state index is 11.8. The predicted octanol–water partition coefficient (Wildman–Crippen LogP) is 3.21. The standard InChI is InChI=1S/C14H18O4S/c1-3-6-12(14(17)18-4-2)19-11-8-5-7-10(9-11)13(15)16/h5,7-9,12H,3-4,6H2,1-2H3,(H,15,16). The first-order chi connectivity index (χ1) is 9.08. The van der Waals surface area contributed by atoms with Crippen molar-refractivity contribution in [3.63, 3.8) is 0 Å². The number of carboxylic acids is 1. The summed E-state index contributed by atoms with van der Waals surface area (Å²) in [6.45, 7) is 4.13. The third kappa shape index (κ3) is 4.95. The number of carbonyl (C=O) groups is 2. The van der Waals surface area contributed by atoms with Gasteiger partial charge in [0.25, 0.3) is 0 Å². The first-order valence-electron chi connectivity index (χ1n) is 6.25. The van der Waals surface area contributed by atoms with Gasteiger partial charge < -0.3 is 9.84 Å². The molecule has 0 bridgehead atoms. The molecule has 0 heterocycles. The Balaban J connectivity index is 2.81. The van der Waals surface area contributed by atoms with Crippen LogP contribution in [0.15, 0.2) is 29.2 Å². The van der Waals surface area contributed by atoms with Gasteiger partial charge in [-0.05, 0) is 31.5 Å². The van der Waals surface area contributed by atoms with Crippen LogP contribution in [0.2, 0.25) is 0 Å². The highest BCUT2D eigenvalue weighted by atomic mass is 32.2. The van der Waals surface area contributed by atoms with Gasteiger partial charge in [0.15, 0.2) is 0 Å². The molecule has 0 spiro atoms. The maximum absolute atomic E-state index is 11.8. The predicted molar refractivity (Wildman–Crippen MR) is 74.6 cm³/mol. The Morgan fingerprint density at radius 3 is 2.68 bits per heavy atom. The molecule has 1 N–H and O–H groups in total. The van der Waals surface area contributed by atoms with Crippen molar-refractivity contribution in [1.82, 2.24) is 0 Å². The van der Waals surface area contributed by atoms with E-state index in [1.54, 1.807) is 25.1 Å². The number of carbonyl (C=O) groups excluding carboxylic acids is 1. The van der Waals surface area contributed by atoms with Crippen LogP contribution < -0.4 is 0 Å². The lowest BCUT2D eigenvalue weighted by molar-refractivity contribution is -0.142. The van der Waals surface area contributed by atoms with Crippen molar-refractivity contribution in [3.05, 3.63) is 29.8 Å². The minimum Gasteiger partial charge on any atom is -0.478 e. The van der Waals surface area contributed by atoms with Crippen LogP contribution in [0.1, 0.15) is 37.0 Å². The van der Waals surface area contributed by atoms with E-state index in [0.717, 1.165) is 11.3 Å². The molecular weight excluding hydrogens is 264 g/mol. The molecule has 104 valence electrons. The molecule has 0 saturated carbocycles. The van der Waals surface area contributed by atoms with E-state index in [9.17, 15) is 9.59 Å². The second-order valence-corrected chi connectivity index (χ2v) is 5.26. The highest BCUT2D eigenvalue weighted by Gasteiger charge is 2.20. The number of carboxylic acid groups (broad SMARTS) is 1. The van der Waals surface area contributed by atoms with Gasteiger partial charge in [-0.25, -0.2) is 4.79 Å². The average molecular weight is 282 g/mol. The van der Waals surface area contributed by atoms with Crippen molar-refractivity contribution in [2.45, 2.75) is 36.8 Å². The second kappa shape index (κ2) is 7.84. The summed E-state index contributed by atoms with van der Waals surface area (Å²) in [4.78, 5) is 23.5. The lowest BCUT2D eigenvalue weighted by atomic mass is 10.2. The molecule has 0 aliphatic carbocycles. The Hall–Kier alpha value is -1.49. The quantitative estimate of drug-likeness (QED) is 0.614. The molecule has 0 amide bonds. The van der Waals surface area contributed by atoms with E-state index in [2.05, 4.69) is 0 Å². The molecule has 4 nitrogen and oxygen atoms in total. The first kappa shape index (κ1) is 15.6. The molecule has 0 radical (unpaired) electrons. The van der Waals surface area contributed by atoms with E-state index in [4.69, 9.17) is 9.84 Å². The number of thioether (sulfide) groups is 1. The zero-order valence-electron chi connectivity index (χ0n) is 11.1. The number of rotatable bonds is 7. The minimum absolute atomic E-state index is 0.226. The summed E-state index contributed by atoms with van der Waals surface area (Å²) in [6.07, 6.45) is 1.58. The van der Waals surface area contributed by atoms with Gasteiger partial charge in [-0.1, -0.05) is 19.4 Å². The number of ether oxygens (including phenoxy) is 1. The number of hydrogen-bond donors (Lipinski definition) is 1. The second-order valence-electron chi connectivity index (χ2n) is 3.98. The van der Waals surface area contributed by atoms with Gasteiger partial charge in [0, 0.05) is 4.90 Å². The van der Waals surface area contributed by atoms with Crippen LogP contribution in [-0.2, 0) is 9.53 Å². The minimum atomic E-state index is -0.967. The molecule has 1 rings (SSSR count). The number of esters is 1. The average Bonchev–Trinajstić information content (AvgIpc) is 2.39. The van der Waals surface area contributed by atoms with Crippen LogP contribution >= 0.6 is 11.8 Å². The molecule has 1 aromatic rings. The van der Waals surface area contributed by atoms with Gasteiger partial charge in [0.1, 0.15) is 5.25 Å². The Labute approximate surface area is 117 Å². The van der Waals surface area contributed by atoms with Crippen LogP contribution in [0, 0.1) is 0 Å². The van der Waals surface area contributed by atoms with Gasteiger partial charge in [-0.15, -0.1) is 11.8 Å². The number of hydrogen-bond acceptors (Lipinski definition) is 4.